The molecule has 0 radical (unpaired) electrons. The Morgan fingerprint density at radius 1 is 1.18 bits per heavy atom. The second-order valence-corrected chi connectivity index (χ2v) is 7.29. The van der Waals surface area contributed by atoms with E-state index >= 15 is 0 Å². The lowest BCUT2D eigenvalue weighted by Gasteiger charge is -2.17. The van der Waals surface area contributed by atoms with Gasteiger partial charge in [0.2, 0.25) is 5.91 Å². The first-order valence-corrected chi connectivity index (χ1v) is 10.7. The SMILES string of the molecule is CCOC(=O)C(Cc1cccnc1)NC(=O)CNC(=O)c1cc(NC=NN)cc2ccccc12. The fraction of sp³-hybridized carbons (Fsp3) is 0.208. The Kier molecular flexibility index (Phi) is 8.50. The highest BCUT2D eigenvalue weighted by molar-refractivity contribution is 6.09. The largest absolute Gasteiger partial charge is 0.464 e. The monoisotopic (exact) mass is 462 g/mol. The maximum atomic E-state index is 12.9. The Morgan fingerprint density at radius 2 is 2.00 bits per heavy atom. The van der Waals surface area contributed by atoms with E-state index in [1.54, 1.807) is 37.5 Å². The molecule has 0 aliphatic rings. The van der Waals surface area contributed by atoms with Crippen LogP contribution < -0.4 is 21.8 Å². The van der Waals surface area contributed by atoms with Gasteiger partial charge in [0.15, 0.2) is 0 Å². The van der Waals surface area contributed by atoms with Crippen molar-refractivity contribution in [2.75, 3.05) is 18.5 Å². The summed E-state index contributed by atoms with van der Waals surface area (Å²) >= 11 is 0. The lowest BCUT2D eigenvalue weighted by molar-refractivity contribution is -0.147. The lowest BCUT2D eigenvalue weighted by Crippen LogP contribution is -2.47. The van der Waals surface area contributed by atoms with Crippen molar-refractivity contribution in [2.24, 2.45) is 10.9 Å². The molecule has 2 aromatic carbocycles. The number of pyridine rings is 1. The van der Waals surface area contributed by atoms with E-state index in [0.717, 1.165) is 16.3 Å². The van der Waals surface area contributed by atoms with Gasteiger partial charge < -0.3 is 26.5 Å². The minimum absolute atomic E-state index is 0.182. The van der Waals surface area contributed by atoms with Gasteiger partial charge in [-0.05, 0) is 41.5 Å². The van der Waals surface area contributed by atoms with Gasteiger partial charge in [-0.25, -0.2) is 4.79 Å². The molecule has 0 saturated carbocycles. The average Bonchev–Trinajstić information content (AvgIpc) is 2.86. The summed E-state index contributed by atoms with van der Waals surface area (Å²) in [5.41, 5.74) is 1.75. The first-order valence-electron chi connectivity index (χ1n) is 10.7. The van der Waals surface area contributed by atoms with Crippen LogP contribution in [0.5, 0.6) is 0 Å². The first kappa shape index (κ1) is 24.2. The Labute approximate surface area is 196 Å². The maximum Gasteiger partial charge on any atom is 0.328 e. The molecule has 0 fully saturated rings. The summed E-state index contributed by atoms with van der Waals surface area (Å²) in [5, 5.41) is 13.1. The molecule has 1 aromatic heterocycles. The third kappa shape index (κ3) is 6.52. The highest BCUT2D eigenvalue weighted by Gasteiger charge is 2.23. The Balaban J connectivity index is 1.70. The molecular weight excluding hydrogens is 436 g/mol. The zero-order valence-electron chi connectivity index (χ0n) is 18.7. The number of nitrogens with zero attached hydrogens (tertiary/aromatic N) is 2. The molecular formula is C24H26N6O4. The fourth-order valence-electron chi connectivity index (χ4n) is 3.39. The Morgan fingerprint density at radius 3 is 2.74 bits per heavy atom. The second-order valence-electron chi connectivity index (χ2n) is 7.29. The smallest absolute Gasteiger partial charge is 0.328 e. The number of nitrogens with two attached hydrogens (primary N) is 1. The molecule has 10 heteroatoms. The Hall–Kier alpha value is -4.47. The van der Waals surface area contributed by atoms with Crippen LogP contribution in [-0.2, 0) is 20.7 Å². The molecule has 3 rings (SSSR count). The molecule has 0 saturated heterocycles. The number of carbonyl (C=O) groups is 3. The van der Waals surface area contributed by atoms with Crippen molar-refractivity contribution in [3.8, 4) is 0 Å². The normalized spacial score (nSPS) is 11.7. The van der Waals surface area contributed by atoms with E-state index in [0.29, 0.717) is 11.3 Å². The van der Waals surface area contributed by atoms with Crippen LogP contribution in [0.2, 0.25) is 0 Å². The average molecular weight is 463 g/mol. The van der Waals surface area contributed by atoms with Crippen LogP contribution in [0, 0.1) is 0 Å². The molecule has 5 N–H and O–H groups in total. The third-order valence-electron chi connectivity index (χ3n) is 4.89. The lowest BCUT2D eigenvalue weighted by atomic mass is 10.0. The number of benzene rings is 2. The van der Waals surface area contributed by atoms with Crippen LogP contribution in [0.3, 0.4) is 0 Å². The van der Waals surface area contributed by atoms with Crippen molar-refractivity contribution in [1.29, 1.82) is 0 Å². The van der Waals surface area contributed by atoms with Crippen molar-refractivity contribution in [1.82, 2.24) is 15.6 Å². The van der Waals surface area contributed by atoms with Gasteiger partial charge in [-0.1, -0.05) is 30.3 Å². The maximum absolute atomic E-state index is 12.9. The number of amides is 2. The standard InChI is InChI=1S/C24H26N6O4/c1-2-34-24(33)21(10-16-6-5-9-26-13-16)30-22(31)14-27-23(32)20-12-18(28-15-29-25)11-17-7-3-4-8-19(17)20/h3-9,11-13,15,21H,2,10,14,25H2,1H3,(H,27,32)(H,28,29)(H,30,31). The summed E-state index contributed by atoms with van der Waals surface area (Å²) < 4.78 is 5.08. The second kappa shape index (κ2) is 12.0. The van der Waals surface area contributed by atoms with Crippen molar-refractivity contribution in [3.05, 3.63) is 72.1 Å². The summed E-state index contributed by atoms with van der Waals surface area (Å²) in [7, 11) is 0. The van der Waals surface area contributed by atoms with Crippen molar-refractivity contribution < 1.29 is 19.1 Å². The summed E-state index contributed by atoms with van der Waals surface area (Å²) in [5.74, 6) is 3.62. The molecule has 3 aromatic rings. The molecule has 0 spiro atoms. The quantitative estimate of drug-likeness (QED) is 0.117. The number of aromatic nitrogens is 1. The topological polar surface area (TPSA) is 148 Å². The van der Waals surface area contributed by atoms with Crippen LogP contribution in [0.25, 0.3) is 10.8 Å². The number of hydrogen-bond acceptors (Lipinski definition) is 7. The molecule has 1 unspecified atom stereocenters. The minimum Gasteiger partial charge on any atom is -0.464 e. The van der Waals surface area contributed by atoms with Crippen LogP contribution >= 0.6 is 0 Å². The molecule has 10 nitrogen and oxygen atoms in total. The van der Waals surface area contributed by atoms with Crippen LogP contribution in [0.4, 0.5) is 5.69 Å². The van der Waals surface area contributed by atoms with Gasteiger partial charge in [-0.3, -0.25) is 14.6 Å². The van der Waals surface area contributed by atoms with Crippen LogP contribution in [-0.4, -0.2) is 48.3 Å². The molecule has 0 bridgehead atoms. The zero-order chi connectivity index (χ0) is 24.3. The van der Waals surface area contributed by atoms with Crippen LogP contribution in [0.15, 0.2) is 66.0 Å². The highest BCUT2D eigenvalue weighted by Crippen LogP contribution is 2.24. The van der Waals surface area contributed by atoms with E-state index in [1.807, 2.05) is 30.3 Å². The number of hydrazone groups is 1. The molecule has 1 heterocycles. The number of fused-ring (bicyclic) bond motifs is 1. The van der Waals surface area contributed by atoms with E-state index in [2.05, 4.69) is 26.0 Å². The van der Waals surface area contributed by atoms with Crippen molar-refractivity contribution >= 4 is 40.6 Å². The number of hydrogen-bond donors (Lipinski definition) is 4. The zero-order valence-corrected chi connectivity index (χ0v) is 18.7. The van der Waals surface area contributed by atoms with E-state index in [1.165, 1.54) is 6.34 Å². The highest BCUT2D eigenvalue weighted by atomic mass is 16.5. The molecule has 176 valence electrons. The van der Waals surface area contributed by atoms with Gasteiger partial charge in [0.1, 0.15) is 12.4 Å². The minimum atomic E-state index is -0.905. The number of carbonyl (C=O) groups excluding carboxylic acids is 3. The van der Waals surface area contributed by atoms with E-state index in [9.17, 15) is 14.4 Å². The summed E-state index contributed by atoms with van der Waals surface area (Å²) in [4.78, 5) is 41.9. The third-order valence-corrected chi connectivity index (χ3v) is 4.89. The van der Waals surface area contributed by atoms with Crippen molar-refractivity contribution in [3.63, 3.8) is 0 Å². The van der Waals surface area contributed by atoms with E-state index in [4.69, 9.17) is 10.6 Å². The number of ether oxygens (including phenoxy) is 1. The molecule has 1 atom stereocenters. The van der Waals surface area contributed by atoms with Crippen LogP contribution in [0.1, 0.15) is 22.8 Å². The molecule has 2 amide bonds. The number of esters is 1. The summed E-state index contributed by atoms with van der Waals surface area (Å²) in [6.45, 7) is 1.55. The number of rotatable bonds is 10. The molecule has 0 aliphatic heterocycles. The van der Waals surface area contributed by atoms with Gasteiger partial charge in [0.05, 0.1) is 13.2 Å². The molecule has 34 heavy (non-hydrogen) atoms. The summed E-state index contributed by atoms with van der Waals surface area (Å²) in [6, 6.07) is 13.5. The predicted molar refractivity (Wildman–Crippen MR) is 129 cm³/mol. The van der Waals surface area contributed by atoms with Crippen molar-refractivity contribution in [2.45, 2.75) is 19.4 Å². The Bertz CT molecular complexity index is 1180. The van der Waals surface area contributed by atoms with Gasteiger partial charge in [-0.2, -0.15) is 5.10 Å². The van der Waals surface area contributed by atoms with E-state index < -0.39 is 23.8 Å². The van der Waals surface area contributed by atoms with Gasteiger partial charge in [0, 0.05) is 30.1 Å². The van der Waals surface area contributed by atoms with Gasteiger partial charge >= 0.3 is 5.97 Å². The summed E-state index contributed by atoms with van der Waals surface area (Å²) in [6.07, 6.45) is 4.75. The number of nitrogens with one attached hydrogen (secondary N) is 3. The predicted octanol–water partition coefficient (Wildman–Crippen LogP) is 1.57. The van der Waals surface area contributed by atoms with E-state index in [-0.39, 0.29) is 19.6 Å². The first-order chi connectivity index (χ1) is 16.5. The van der Waals surface area contributed by atoms with Gasteiger partial charge in [0.25, 0.3) is 5.91 Å². The number of anilines is 1. The fourth-order valence-corrected chi connectivity index (χ4v) is 3.39. The van der Waals surface area contributed by atoms with Gasteiger partial charge in [-0.15, -0.1) is 0 Å². The molecule has 0 aliphatic carbocycles.